The Morgan fingerprint density at radius 2 is 2.10 bits per heavy atom. The van der Waals surface area contributed by atoms with E-state index in [4.69, 9.17) is 10.7 Å². The molecule has 7 heteroatoms. The fourth-order valence-corrected chi connectivity index (χ4v) is 4.07. The zero-order valence-electron chi connectivity index (χ0n) is 17.4. The number of nitrogens with two attached hydrogens (primary N) is 1. The van der Waals surface area contributed by atoms with Gasteiger partial charge in [-0.05, 0) is 30.2 Å². The minimum absolute atomic E-state index is 0.786. The predicted octanol–water partition coefficient (Wildman–Crippen LogP) is 2.74. The standard InChI is InChI=1S/C24H27N7/c25-24(29-11-9-23(30-24)27-10-4-13-31-14-12-26-17-31)19-6-3-5-18(15-19)21-16-28-22-8-2-1-7-20(21)22/h1-3,5-9,11,15-17,28-29H,4,10,12-14,25H2,(H,27,30). The number of rotatable bonds is 6. The fourth-order valence-electron chi connectivity index (χ4n) is 4.07. The number of benzene rings is 2. The summed E-state index contributed by atoms with van der Waals surface area (Å²) in [6.07, 6.45) is 8.78. The van der Waals surface area contributed by atoms with Crippen LogP contribution in [0.1, 0.15) is 12.0 Å². The van der Waals surface area contributed by atoms with E-state index in [1.165, 1.54) is 5.39 Å². The first-order chi connectivity index (χ1) is 15.2. The summed E-state index contributed by atoms with van der Waals surface area (Å²) in [4.78, 5) is 14.6. The molecule has 1 unspecified atom stereocenters. The molecule has 0 aliphatic carbocycles. The number of fused-ring (bicyclic) bond motifs is 1. The molecule has 2 aromatic carbocycles. The molecule has 158 valence electrons. The lowest BCUT2D eigenvalue weighted by molar-refractivity contribution is 0.407. The van der Waals surface area contributed by atoms with Gasteiger partial charge in [0.2, 0.25) is 5.79 Å². The first-order valence-electron chi connectivity index (χ1n) is 10.7. The lowest BCUT2D eigenvalue weighted by Crippen LogP contribution is -2.50. The van der Waals surface area contributed by atoms with Gasteiger partial charge in [-0.25, -0.2) is 4.99 Å². The van der Waals surface area contributed by atoms with Gasteiger partial charge in [-0.2, -0.15) is 0 Å². The largest absolute Gasteiger partial charge is 0.370 e. The van der Waals surface area contributed by atoms with Crippen LogP contribution in [0.2, 0.25) is 0 Å². The molecule has 0 radical (unpaired) electrons. The van der Waals surface area contributed by atoms with E-state index in [0.717, 1.165) is 60.6 Å². The summed E-state index contributed by atoms with van der Waals surface area (Å²) >= 11 is 0. The second kappa shape index (κ2) is 8.28. The summed E-state index contributed by atoms with van der Waals surface area (Å²) in [5.74, 6) is -0.227. The first kappa shape index (κ1) is 19.4. The van der Waals surface area contributed by atoms with E-state index in [0.29, 0.717) is 0 Å². The van der Waals surface area contributed by atoms with E-state index < -0.39 is 5.79 Å². The number of hydrogen-bond acceptors (Lipinski definition) is 6. The Bertz CT molecular complexity index is 1160. The molecule has 0 fully saturated rings. The van der Waals surface area contributed by atoms with Gasteiger partial charge in [-0.1, -0.05) is 36.4 Å². The highest BCUT2D eigenvalue weighted by Gasteiger charge is 2.28. The maximum Gasteiger partial charge on any atom is 0.211 e. The number of para-hydroxylation sites is 1. The van der Waals surface area contributed by atoms with Crippen molar-refractivity contribution in [3.05, 3.63) is 72.6 Å². The van der Waals surface area contributed by atoms with Gasteiger partial charge in [-0.15, -0.1) is 0 Å². The Balaban J connectivity index is 1.32. The number of amidine groups is 1. The maximum atomic E-state index is 6.69. The molecule has 0 saturated carbocycles. The zero-order valence-corrected chi connectivity index (χ0v) is 17.4. The molecule has 1 aromatic heterocycles. The van der Waals surface area contributed by atoms with Crippen LogP contribution in [0, 0.1) is 0 Å². The molecular weight excluding hydrogens is 386 g/mol. The average molecular weight is 414 g/mol. The molecule has 1 atom stereocenters. The van der Waals surface area contributed by atoms with Crippen molar-refractivity contribution < 1.29 is 0 Å². The third kappa shape index (κ3) is 4.04. The molecule has 2 aliphatic heterocycles. The molecule has 0 bridgehead atoms. The number of nitrogens with one attached hydrogen (secondary N) is 3. The second-order valence-corrected chi connectivity index (χ2v) is 7.91. The summed E-state index contributed by atoms with van der Waals surface area (Å²) in [5, 5.41) is 7.82. The number of nitrogens with zero attached hydrogens (tertiary/aromatic N) is 3. The number of hydrogen-bond donors (Lipinski definition) is 4. The van der Waals surface area contributed by atoms with E-state index in [1.54, 1.807) is 0 Å². The topological polar surface area (TPSA) is 93.8 Å². The van der Waals surface area contributed by atoms with Crippen molar-refractivity contribution in [3.8, 4) is 11.1 Å². The van der Waals surface area contributed by atoms with Crippen molar-refractivity contribution in [3.63, 3.8) is 0 Å². The summed E-state index contributed by atoms with van der Waals surface area (Å²) in [6, 6.07) is 16.6. The number of H-pyrrole nitrogens is 1. The molecule has 2 aliphatic rings. The molecule has 3 heterocycles. The first-order valence-corrected chi connectivity index (χ1v) is 10.7. The SMILES string of the molecule is NC1(c2cccc(-c3c[nH]c4ccccc34)c2)N=C(NCCCN2C=NCC2)C=CN1. The fraction of sp³-hybridized carbons (Fsp3) is 0.250. The monoisotopic (exact) mass is 413 g/mol. The van der Waals surface area contributed by atoms with E-state index in [1.807, 2.05) is 43.0 Å². The van der Waals surface area contributed by atoms with Crippen LogP contribution < -0.4 is 16.4 Å². The van der Waals surface area contributed by atoms with E-state index in [9.17, 15) is 0 Å². The van der Waals surface area contributed by atoms with Crippen LogP contribution in [0.5, 0.6) is 0 Å². The van der Waals surface area contributed by atoms with Crippen LogP contribution in [0.3, 0.4) is 0 Å². The lowest BCUT2D eigenvalue weighted by Gasteiger charge is -2.30. The molecule has 5 rings (SSSR count). The molecule has 0 saturated heterocycles. The Hall–Kier alpha value is -3.58. The predicted molar refractivity (Wildman–Crippen MR) is 127 cm³/mol. The van der Waals surface area contributed by atoms with Crippen molar-refractivity contribution in [2.45, 2.75) is 12.2 Å². The van der Waals surface area contributed by atoms with Crippen LogP contribution in [0.25, 0.3) is 22.0 Å². The maximum absolute atomic E-state index is 6.69. The lowest BCUT2D eigenvalue weighted by atomic mass is 9.99. The highest BCUT2D eigenvalue weighted by Crippen LogP contribution is 2.31. The quantitative estimate of drug-likeness (QED) is 0.468. The summed E-state index contributed by atoms with van der Waals surface area (Å²) < 4.78 is 0. The zero-order chi connectivity index (χ0) is 21.1. The minimum atomic E-state index is -1.01. The average Bonchev–Trinajstić information content (AvgIpc) is 3.47. The molecule has 0 amide bonds. The van der Waals surface area contributed by atoms with Gasteiger partial charge in [0.15, 0.2) is 0 Å². The Kier molecular flexibility index (Phi) is 5.18. The number of aromatic amines is 1. The molecular formula is C24H27N7. The van der Waals surface area contributed by atoms with Gasteiger partial charge in [0.05, 0.1) is 12.9 Å². The second-order valence-electron chi connectivity index (χ2n) is 7.91. The van der Waals surface area contributed by atoms with Gasteiger partial charge in [0, 0.05) is 54.1 Å². The smallest absolute Gasteiger partial charge is 0.211 e. The Labute approximate surface area is 181 Å². The number of aliphatic imine (C=N–C) groups is 2. The minimum Gasteiger partial charge on any atom is -0.370 e. The molecule has 0 spiro atoms. The van der Waals surface area contributed by atoms with E-state index in [-0.39, 0.29) is 0 Å². The van der Waals surface area contributed by atoms with Crippen LogP contribution in [0.15, 0.2) is 77.0 Å². The van der Waals surface area contributed by atoms with Crippen molar-refractivity contribution in [1.82, 2.24) is 20.5 Å². The Morgan fingerprint density at radius 3 is 3.00 bits per heavy atom. The van der Waals surface area contributed by atoms with Crippen LogP contribution >= 0.6 is 0 Å². The molecule has 3 aromatic rings. The van der Waals surface area contributed by atoms with Crippen molar-refractivity contribution in [1.29, 1.82) is 0 Å². The third-order valence-electron chi connectivity index (χ3n) is 5.73. The van der Waals surface area contributed by atoms with Gasteiger partial charge in [-0.3, -0.25) is 10.7 Å². The third-order valence-corrected chi connectivity index (χ3v) is 5.73. The van der Waals surface area contributed by atoms with Crippen molar-refractivity contribution in [2.75, 3.05) is 26.2 Å². The highest BCUT2D eigenvalue weighted by molar-refractivity contribution is 5.96. The summed E-state index contributed by atoms with van der Waals surface area (Å²) in [7, 11) is 0. The number of aromatic nitrogens is 1. The van der Waals surface area contributed by atoms with Crippen molar-refractivity contribution >= 4 is 23.1 Å². The van der Waals surface area contributed by atoms with E-state index in [2.05, 4.69) is 55.8 Å². The van der Waals surface area contributed by atoms with Crippen LogP contribution in [-0.4, -0.2) is 48.2 Å². The molecule has 5 N–H and O–H groups in total. The highest BCUT2D eigenvalue weighted by atomic mass is 15.3. The van der Waals surface area contributed by atoms with E-state index >= 15 is 0 Å². The normalized spacial score (nSPS) is 20.2. The van der Waals surface area contributed by atoms with Gasteiger partial charge in [0.25, 0.3) is 0 Å². The van der Waals surface area contributed by atoms with Gasteiger partial charge >= 0.3 is 0 Å². The summed E-state index contributed by atoms with van der Waals surface area (Å²) in [6.45, 7) is 3.75. The van der Waals surface area contributed by atoms with Crippen molar-refractivity contribution in [2.24, 2.45) is 15.7 Å². The van der Waals surface area contributed by atoms with Gasteiger partial charge < -0.3 is 20.5 Å². The molecule has 31 heavy (non-hydrogen) atoms. The van der Waals surface area contributed by atoms with Crippen LogP contribution in [0.4, 0.5) is 0 Å². The van der Waals surface area contributed by atoms with Gasteiger partial charge in [0.1, 0.15) is 5.84 Å². The van der Waals surface area contributed by atoms with Crippen LogP contribution in [-0.2, 0) is 5.79 Å². The Morgan fingerprint density at radius 1 is 1.16 bits per heavy atom. The summed E-state index contributed by atoms with van der Waals surface area (Å²) in [5.41, 5.74) is 11.0. The molecule has 7 nitrogen and oxygen atoms in total.